The summed E-state index contributed by atoms with van der Waals surface area (Å²) in [5.41, 5.74) is 6.39. The van der Waals surface area contributed by atoms with E-state index in [1.54, 1.807) is 13.1 Å². The summed E-state index contributed by atoms with van der Waals surface area (Å²) in [5, 5.41) is 3.34. The van der Waals surface area contributed by atoms with E-state index in [0.717, 1.165) is 40.6 Å². The van der Waals surface area contributed by atoms with E-state index in [1.165, 1.54) is 17.6 Å². The molecule has 0 atom stereocenters. The number of hydrogen-bond donors (Lipinski definition) is 1. The fourth-order valence-electron chi connectivity index (χ4n) is 5.51. The van der Waals surface area contributed by atoms with E-state index in [2.05, 4.69) is 14.9 Å². The Hall–Kier alpha value is -4.15. The molecule has 1 saturated heterocycles. The molecule has 1 aliphatic rings. The topological polar surface area (TPSA) is 107 Å². The van der Waals surface area contributed by atoms with Crippen LogP contribution in [0, 0.1) is 6.92 Å². The van der Waals surface area contributed by atoms with Crippen LogP contribution in [-0.2, 0) is 14.8 Å². The SMILES string of the molecule is CNC(=O)c1c(-c2ccc(C)cc2)oc2cc(N(C)S(C)(=O)=O)c(-c3ccc4ncn(C5CCOCC5)c4c3)cc12. The number of hydrogen-bond acceptors (Lipinski definition) is 6. The molecule has 6 rings (SSSR count). The zero-order valence-corrected chi connectivity index (χ0v) is 24.3. The maximum absolute atomic E-state index is 13.2. The van der Waals surface area contributed by atoms with E-state index in [-0.39, 0.29) is 11.9 Å². The summed E-state index contributed by atoms with van der Waals surface area (Å²) >= 11 is 0. The highest BCUT2D eigenvalue weighted by Gasteiger charge is 2.26. The van der Waals surface area contributed by atoms with Crippen molar-refractivity contribution >= 4 is 43.6 Å². The lowest BCUT2D eigenvalue weighted by Gasteiger charge is -2.24. The summed E-state index contributed by atoms with van der Waals surface area (Å²) < 4.78 is 40.8. The van der Waals surface area contributed by atoms with Crippen LogP contribution in [0.2, 0.25) is 0 Å². The molecule has 3 heterocycles. The van der Waals surface area contributed by atoms with Gasteiger partial charge in [-0.1, -0.05) is 35.9 Å². The number of anilines is 1. The molecule has 212 valence electrons. The molecule has 1 amide bonds. The predicted molar refractivity (Wildman–Crippen MR) is 161 cm³/mol. The number of rotatable bonds is 6. The quantitative estimate of drug-likeness (QED) is 0.287. The van der Waals surface area contributed by atoms with Gasteiger partial charge in [0.1, 0.15) is 11.3 Å². The third-order valence-corrected chi connectivity index (χ3v) is 9.07. The number of benzene rings is 3. The van der Waals surface area contributed by atoms with Gasteiger partial charge in [0.15, 0.2) is 0 Å². The lowest BCUT2D eigenvalue weighted by molar-refractivity contribution is 0.0706. The number of aryl methyl sites for hydroxylation is 1. The second-order valence-electron chi connectivity index (χ2n) is 10.5. The van der Waals surface area contributed by atoms with Gasteiger partial charge in [-0.15, -0.1) is 0 Å². The summed E-state index contributed by atoms with van der Waals surface area (Å²) in [5.74, 6) is 0.139. The average molecular weight is 573 g/mol. The molecule has 1 aliphatic heterocycles. The van der Waals surface area contributed by atoms with Gasteiger partial charge in [0, 0.05) is 55.9 Å². The Morgan fingerprint density at radius 3 is 2.44 bits per heavy atom. The van der Waals surface area contributed by atoms with Crippen molar-refractivity contribution in [3.05, 3.63) is 72.1 Å². The number of amides is 1. The summed E-state index contributed by atoms with van der Waals surface area (Å²) in [7, 11) is -0.509. The minimum absolute atomic E-state index is 0.274. The van der Waals surface area contributed by atoms with Crippen LogP contribution in [0.15, 0.2) is 65.3 Å². The molecule has 3 aromatic carbocycles. The number of furan rings is 1. The lowest BCUT2D eigenvalue weighted by atomic mass is 9.98. The zero-order valence-electron chi connectivity index (χ0n) is 23.5. The number of sulfonamides is 1. The van der Waals surface area contributed by atoms with Crippen LogP contribution in [0.5, 0.6) is 0 Å². The highest BCUT2D eigenvalue weighted by atomic mass is 32.2. The van der Waals surface area contributed by atoms with Gasteiger partial charge in [-0.3, -0.25) is 9.10 Å². The van der Waals surface area contributed by atoms with Crippen molar-refractivity contribution in [3.8, 4) is 22.5 Å². The summed E-state index contributed by atoms with van der Waals surface area (Å²) in [6.45, 7) is 3.40. The van der Waals surface area contributed by atoms with Crippen molar-refractivity contribution in [1.29, 1.82) is 0 Å². The first-order valence-electron chi connectivity index (χ1n) is 13.5. The van der Waals surface area contributed by atoms with Crippen molar-refractivity contribution in [1.82, 2.24) is 14.9 Å². The van der Waals surface area contributed by atoms with Crippen LogP contribution in [0.1, 0.15) is 34.8 Å². The van der Waals surface area contributed by atoms with Gasteiger partial charge in [0.2, 0.25) is 10.0 Å². The molecule has 1 N–H and O–H groups in total. The molecule has 0 spiro atoms. The standard InChI is InChI=1S/C31H32N4O5S/c1-19-5-7-20(8-6-19)30-29(31(36)32-2)24-16-23(26(17-28(24)40-30)34(3)41(4,37)38)21-9-10-25-27(15-21)35(18-33-25)22-11-13-39-14-12-22/h5-10,15-18,22H,11-14H2,1-4H3,(H,32,36). The molecule has 1 fully saturated rings. The smallest absolute Gasteiger partial charge is 0.255 e. The molecule has 0 saturated carbocycles. The van der Waals surface area contributed by atoms with Gasteiger partial charge in [-0.05, 0) is 43.5 Å². The predicted octanol–water partition coefficient (Wildman–Crippen LogP) is 5.53. The molecule has 41 heavy (non-hydrogen) atoms. The lowest BCUT2D eigenvalue weighted by Crippen LogP contribution is -2.25. The van der Waals surface area contributed by atoms with Crippen molar-refractivity contribution in [3.63, 3.8) is 0 Å². The van der Waals surface area contributed by atoms with E-state index in [0.29, 0.717) is 46.8 Å². The number of carbonyl (C=O) groups excluding carboxylic acids is 1. The first-order valence-corrected chi connectivity index (χ1v) is 15.4. The highest BCUT2D eigenvalue weighted by Crippen LogP contribution is 2.42. The third kappa shape index (κ3) is 4.87. The van der Waals surface area contributed by atoms with Crippen molar-refractivity contribution in [2.45, 2.75) is 25.8 Å². The minimum Gasteiger partial charge on any atom is -0.455 e. The van der Waals surface area contributed by atoms with Crippen LogP contribution in [0.3, 0.4) is 0 Å². The van der Waals surface area contributed by atoms with Gasteiger partial charge in [0.05, 0.1) is 34.9 Å². The third-order valence-electron chi connectivity index (χ3n) is 7.88. The second kappa shape index (κ2) is 10.4. The van der Waals surface area contributed by atoms with E-state index in [4.69, 9.17) is 9.15 Å². The summed E-state index contributed by atoms with van der Waals surface area (Å²) in [6, 6.07) is 17.5. The Bertz CT molecular complexity index is 1880. The average Bonchev–Trinajstić information content (AvgIpc) is 3.57. The van der Waals surface area contributed by atoms with Crippen LogP contribution >= 0.6 is 0 Å². The van der Waals surface area contributed by atoms with Crippen molar-refractivity contribution in [2.24, 2.45) is 0 Å². The maximum Gasteiger partial charge on any atom is 0.255 e. The van der Waals surface area contributed by atoms with E-state index in [9.17, 15) is 13.2 Å². The Labute approximate surface area is 238 Å². The number of nitrogens with zero attached hydrogens (tertiary/aromatic N) is 3. The number of fused-ring (bicyclic) bond motifs is 2. The molecule has 9 nitrogen and oxygen atoms in total. The molecular formula is C31H32N4O5S. The fraction of sp³-hybridized carbons (Fsp3) is 0.290. The molecule has 10 heteroatoms. The van der Waals surface area contributed by atoms with Crippen molar-refractivity contribution < 1.29 is 22.4 Å². The Morgan fingerprint density at radius 1 is 1.05 bits per heavy atom. The molecule has 0 aliphatic carbocycles. The van der Waals surface area contributed by atoms with E-state index < -0.39 is 10.0 Å². The van der Waals surface area contributed by atoms with Crippen LogP contribution in [0.4, 0.5) is 5.69 Å². The number of nitrogens with one attached hydrogen (secondary N) is 1. The monoisotopic (exact) mass is 572 g/mol. The number of aromatic nitrogens is 2. The van der Waals surface area contributed by atoms with Gasteiger partial charge >= 0.3 is 0 Å². The molecule has 5 aromatic rings. The van der Waals surface area contributed by atoms with Gasteiger partial charge < -0.3 is 19.0 Å². The second-order valence-corrected chi connectivity index (χ2v) is 12.6. The molecule has 2 aromatic heterocycles. The summed E-state index contributed by atoms with van der Waals surface area (Å²) in [4.78, 5) is 17.9. The van der Waals surface area contributed by atoms with Crippen LogP contribution in [0.25, 0.3) is 44.5 Å². The number of imidazole rings is 1. The zero-order chi connectivity index (χ0) is 28.9. The molecular weight excluding hydrogens is 540 g/mol. The number of ether oxygens (including phenoxy) is 1. The van der Waals surface area contributed by atoms with Gasteiger partial charge in [0.25, 0.3) is 5.91 Å². The number of carbonyl (C=O) groups is 1. The normalized spacial score (nSPS) is 14.5. The Balaban J connectivity index is 1.61. The first kappa shape index (κ1) is 27.0. The van der Waals surface area contributed by atoms with E-state index in [1.807, 2.05) is 61.8 Å². The van der Waals surface area contributed by atoms with E-state index >= 15 is 0 Å². The Kier molecular flexibility index (Phi) is 6.83. The first-order chi connectivity index (χ1) is 19.7. The maximum atomic E-state index is 13.2. The van der Waals surface area contributed by atoms with Gasteiger partial charge in [-0.25, -0.2) is 13.4 Å². The van der Waals surface area contributed by atoms with Crippen molar-refractivity contribution in [2.75, 3.05) is 37.9 Å². The Morgan fingerprint density at radius 2 is 1.76 bits per heavy atom. The fourth-order valence-corrected chi connectivity index (χ4v) is 6.02. The molecule has 0 unspecified atom stereocenters. The molecule has 0 radical (unpaired) electrons. The minimum atomic E-state index is -3.61. The van der Waals surface area contributed by atoms with Crippen LogP contribution < -0.4 is 9.62 Å². The summed E-state index contributed by atoms with van der Waals surface area (Å²) in [6.07, 6.45) is 4.83. The van der Waals surface area contributed by atoms with Gasteiger partial charge in [-0.2, -0.15) is 0 Å². The highest BCUT2D eigenvalue weighted by molar-refractivity contribution is 7.92. The van der Waals surface area contributed by atoms with Crippen LogP contribution in [-0.4, -0.2) is 57.4 Å². The largest absolute Gasteiger partial charge is 0.455 e. The molecule has 0 bridgehead atoms.